The number of anilines is 2. The fraction of sp³-hybridized carbons (Fsp3) is 0.167. The van der Waals surface area contributed by atoms with Crippen molar-refractivity contribution in [2.45, 2.75) is 6.92 Å². The third-order valence-electron chi connectivity index (χ3n) is 2.35. The number of hydrogen-bond donors (Lipinski definition) is 1. The van der Waals surface area contributed by atoms with Gasteiger partial charge >= 0.3 is 5.97 Å². The topological polar surface area (TPSA) is 79.2 Å². The number of hydrogen-bond acceptors (Lipinski definition) is 5. The molecule has 6 heteroatoms. The standard InChI is InChI=1S/C12H12N4O2/c1-8-7-9(11(17)18)15-12(14-8)16(2)10-5-3-4-6-13-10/h3-7H,1-2H3,(H,17,18). The molecule has 1 N–H and O–H groups in total. The molecule has 0 aromatic carbocycles. The Hall–Kier alpha value is -2.50. The number of carbonyl (C=O) groups is 1. The van der Waals surface area contributed by atoms with E-state index in [0.29, 0.717) is 17.5 Å². The normalized spacial score (nSPS) is 10.1. The van der Waals surface area contributed by atoms with Crippen LogP contribution in [-0.4, -0.2) is 33.1 Å². The van der Waals surface area contributed by atoms with Gasteiger partial charge in [0.2, 0.25) is 5.95 Å². The molecule has 0 saturated heterocycles. The predicted octanol–water partition coefficient (Wildman–Crippen LogP) is 1.65. The van der Waals surface area contributed by atoms with Crippen molar-refractivity contribution < 1.29 is 9.90 Å². The van der Waals surface area contributed by atoms with Crippen molar-refractivity contribution in [2.75, 3.05) is 11.9 Å². The first-order valence-electron chi connectivity index (χ1n) is 5.31. The summed E-state index contributed by atoms with van der Waals surface area (Å²) < 4.78 is 0. The Balaban J connectivity index is 2.42. The molecule has 92 valence electrons. The zero-order valence-electron chi connectivity index (χ0n) is 10.0. The molecular formula is C12H12N4O2. The van der Waals surface area contributed by atoms with Crippen molar-refractivity contribution in [3.05, 3.63) is 41.9 Å². The van der Waals surface area contributed by atoms with E-state index < -0.39 is 5.97 Å². The number of nitrogens with zero attached hydrogens (tertiary/aromatic N) is 4. The fourth-order valence-corrected chi connectivity index (χ4v) is 1.47. The SMILES string of the molecule is Cc1cc(C(=O)O)nc(N(C)c2ccccn2)n1. The van der Waals surface area contributed by atoms with Crippen LogP contribution in [0.1, 0.15) is 16.2 Å². The van der Waals surface area contributed by atoms with Gasteiger partial charge in [-0.05, 0) is 25.1 Å². The average Bonchev–Trinajstić information content (AvgIpc) is 2.38. The molecule has 0 bridgehead atoms. The van der Waals surface area contributed by atoms with Crippen LogP contribution in [0.4, 0.5) is 11.8 Å². The fourth-order valence-electron chi connectivity index (χ4n) is 1.47. The van der Waals surface area contributed by atoms with Gasteiger partial charge in [-0.1, -0.05) is 6.07 Å². The van der Waals surface area contributed by atoms with Gasteiger partial charge in [-0.15, -0.1) is 0 Å². The molecule has 0 fully saturated rings. The van der Waals surface area contributed by atoms with E-state index in [-0.39, 0.29) is 5.69 Å². The molecule has 2 heterocycles. The lowest BCUT2D eigenvalue weighted by atomic mass is 10.3. The van der Waals surface area contributed by atoms with Crippen molar-refractivity contribution in [3.63, 3.8) is 0 Å². The Morgan fingerprint density at radius 2 is 2.11 bits per heavy atom. The van der Waals surface area contributed by atoms with Gasteiger partial charge in [0, 0.05) is 18.9 Å². The first kappa shape index (κ1) is 12.0. The average molecular weight is 244 g/mol. The van der Waals surface area contributed by atoms with Crippen LogP contribution >= 0.6 is 0 Å². The molecule has 0 unspecified atom stereocenters. The van der Waals surface area contributed by atoms with Crippen LogP contribution in [0.2, 0.25) is 0 Å². The van der Waals surface area contributed by atoms with Gasteiger partial charge in [0.05, 0.1) is 0 Å². The molecular weight excluding hydrogens is 232 g/mol. The highest BCUT2D eigenvalue weighted by Crippen LogP contribution is 2.17. The van der Waals surface area contributed by atoms with E-state index in [1.54, 1.807) is 37.2 Å². The maximum atomic E-state index is 10.9. The molecule has 0 aliphatic rings. The second-order valence-corrected chi connectivity index (χ2v) is 3.75. The number of aromatic carboxylic acids is 1. The van der Waals surface area contributed by atoms with E-state index in [9.17, 15) is 4.79 Å². The Kier molecular flexibility index (Phi) is 3.18. The summed E-state index contributed by atoms with van der Waals surface area (Å²) in [7, 11) is 1.74. The van der Waals surface area contributed by atoms with E-state index in [0.717, 1.165) is 0 Å². The minimum absolute atomic E-state index is 0.0275. The van der Waals surface area contributed by atoms with E-state index in [2.05, 4.69) is 15.0 Å². The largest absolute Gasteiger partial charge is 0.477 e. The Morgan fingerprint density at radius 3 is 2.72 bits per heavy atom. The Morgan fingerprint density at radius 1 is 1.33 bits per heavy atom. The minimum Gasteiger partial charge on any atom is -0.477 e. The highest BCUT2D eigenvalue weighted by Gasteiger charge is 2.13. The number of carboxylic acid groups (broad SMARTS) is 1. The third-order valence-corrected chi connectivity index (χ3v) is 2.35. The van der Waals surface area contributed by atoms with Crippen LogP contribution in [0.3, 0.4) is 0 Å². The van der Waals surface area contributed by atoms with Crippen molar-refractivity contribution in [2.24, 2.45) is 0 Å². The number of aryl methyl sites for hydroxylation is 1. The van der Waals surface area contributed by atoms with Gasteiger partial charge in [0.15, 0.2) is 5.69 Å². The molecule has 18 heavy (non-hydrogen) atoms. The minimum atomic E-state index is -1.07. The highest BCUT2D eigenvalue weighted by molar-refractivity contribution is 5.85. The van der Waals surface area contributed by atoms with Crippen molar-refractivity contribution in [3.8, 4) is 0 Å². The zero-order valence-corrected chi connectivity index (χ0v) is 10.0. The molecule has 0 atom stereocenters. The number of aromatic nitrogens is 3. The van der Waals surface area contributed by atoms with Crippen LogP contribution in [0, 0.1) is 6.92 Å². The van der Waals surface area contributed by atoms with Crippen LogP contribution in [-0.2, 0) is 0 Å². The third kappa shape index (κ3) is 2.42. The van der Waals surface area contributed by atoms with E-state index in [1.807, 2.05) is 6.07 Å². The maximum Gasteiger partial charge on any atom is 0.354 e. The van der Waals surface area contributed by atoms with Gasteiger partial charge in [-0.3, -0.25) is 4.90 Å². The molecule has 0 saturated carbocycles. The van der Waals surface area contributed by atoms with Crippen LogP contribution in [0.25, 0.3) is 0 Å². The lowest BCUT2D eigenvalue weighted by Crippen LogP contribution is -2.16. The maximum absolute atomic E-state index is 10.9. The summed E-state index contributed by atoms with van der Waals surface area (Å²) in [5.74, 6) is -0.110. The lowest BCUT2D eigenvalue weighted by molar-refractivity contribution is 0.0690. The van der Waals surface area contributed by atoms with E-state index in [1.165, 1.54) is 6.07 Å². The van der Waals surface area contributed by atoms with Gasteiger partial charge < -0.3 is 5.11 Å². The van der Waals surface area contributed by atoms with Crippen LogP contribution in [0.15, 0.2) is 30.5 Å². The van der Waals surface area contributed by atoms with E-state index in [4.69, 9.17) is 5.11 Å². The number of pyridine rings is 1. The lowest BCUT2D eigenvalue weighted by Gasteiger charge is -2.16. The van der Waals surface area contributed by atoms with Gasteiger partial charge in [0.25, 0.3) is 0 Å². The van der Waals surface area contributed by atoms with Crippen LogP contribution in [0.5, 0.6) is 0 Å². The number of rotatable bonds is 3. The molecule has 2 aromatic rings. The molecule has 2 aromatic heterocycles. The van der Waals surface area contributed by atoms with Crippen molar-refractivity contribution in [1.82, 2.24) is 15.0 Å². The number of carboxylic acids is 1. The first-order chi connectivity index (χ1) is 8.58. The van der Waals surface area contributed by atoms with E-state index >= 15 is 0 Å². The summed E-state index contributed by atoms with van der Waals surface area (Å²) in [6.07, 6.45) is 1.65. The molecule has 0 aliphatic carbocycles. The highest BCUT2D eigenvalue weighted by atomic mass is 16.4. The molecule has 6 nitrogen and oxygen atoms in total. The Bertz CT molecular complexity index is 572. The summed E-state index contributed by atoms with van der Waals surface area (Å²) in [5, 5.41) is 8.96. The summed E-state index contributed by atoms with van der Waals surface area (Å²) in [4.78, 5) is 24.9. The van der Waals surface area contributed by atoms with Gasteiger partial charge in [0.1, 0.15) is 5.82 Å². The summed E-state index contributed by atoms with van der Waals surface area (Å²) in [5.41, 5.74) is 0.570. The molecule has 0 aliphatic heterocycles. The quantitative estimate of drug-likeness (QED) is 0.884. The first-order valence-corrected chi connectivity index (χ1v) is 5.31. The molecule has 0 spiro atoms. The van der Waals surface area contributed by atoms with Crippen LogP contribution < -0.4 is 4.90 Å². The van der Waals surface area contributed by atoms with Gasteiger partial charge in [-0.25, -0.2) is 19.7 Å². The molecule has 0 radical (unpaired) electrons. The molecule has 2 rings (SSSR count). The predicted molar refractivity (Wildman–Crippen MR) is 66.0 cm³/mol. The van der Waals surface area contributed by atoms with Crippen molar-refractivity contribution >= 4 is 17.7 Å². The smallest absolute Gasteiger partial charge is 0.354 e. The summed E-state index contributed by atoms with van der Waals surface area (Å²) >= 11 is 0. The second kappa shape index (κ2) is 4.79. The molecule has 0 amide bonds. The van der Waals surface area contributed by atoms with Crippen molar-refractivity contribution in [1.29, 1.82) is 0 Å². The summed E-state index contributed by atoms with van der Waals surface area (Å²) in [6, 6.07) is 6.87. The zero-order chi connectivity index (χ0) is 13.1. The summed E-state index contributed by atoms with van der Waals surface area (Å²) in [6.45, 7) is 1.73. The van der Waals surface area contributed by atoms with Gasteiger partial charge in [-0.2, -0.15) is 0 Å². The Labute approximate surface area is 104 Å². The monoisotopic (exact) mass is 244 g/mol. The second-order valence-electron chi connectivity index (χ2n) is 3.75.